The largest absolute Gasteiger partial charge is 0.416 e. The molecule has 11 heteroatoms. The highest BCUT2D eigenvalue weighted by Crippen LogP contribution is 2.33. The van der Waals surface area contributed by atoms with Crippen LogP contribution in [0.15, 0.2) is 114 Å². The molecule has 4 rings (SSSR count). The number of aryl methyl sites for hydroxylation is 1. The molecule has 4 aromatic rings. The van der Waals surface area contributed by atoms with Crippen molar-refractivity contribution in [3.63, 3.8) is 0 Å². The highest BCUT2D eigenvalue weighted by molar-refractivity contribution is 7.92. The zero-order valence-electron chi connectivity index (χ0n) is 24.2. The van der Waals surface area contributed by atoms with Crippen LogP contribution < -0.4 is 9.62 Å². The van der Waals surface area contributed by atoms with E-state index in [0.717, 1.165) is 28.8 Å². The average molecular weight is 624 g/mol. The first kappa shape index (κ1) is 32.3. The summed E-state index contributed by atoms with van der Waals surface area (Å²) < 4.78 is 69.5. The van der Waals surface area contributed by atoms with Gasteiger partial charge in [-0.25, -0.2) is 8.42 Å². The number of halogens is 3. The molecule has 0 heterocycles. The summed E-state index contributed by atoms with van der Waals surface area (Å²) in [5.41, 5.74) is 0.911. The third kappa shape index (κ3) is 7.65. The van der Waals surface area contributed by atoms with Crippen molar-refractivity contribution in [2.45, 2.75) is 37.0 Å². The standard InChI is InChI=1S/C33H32F3N3O4S/c1-24-12-9-10-15-26(24)22-38(30(32(41)37-2)20-25-13-5-3-6-14-25)31(40)23-39(44(42,43)29-18-7-4-8-19-29)28-17-11-16-27(21-28)33(34,35)36/h3-19,21,30H,20,22-23H2,1-2H3,(H,37,41). The smallest absolute Gasteiger partial charge is 0.357 e. The topological polar surface area (TPSA) is 86.8 Å². The summed E-state index contributed by atoms with van der Waals surface area (Å²) in [5.74, 6) is -1.25. The number of nitrogens with one attached hydrogen (secondary N) is 1. The van der Waals surface area contributed by atoms with Gasteiger partial charge in [-0.15, -0.1) is 0 Å². The molecule has 0 radical (unpaired) electrons. The molecule has 4 aromatic carbocycles. The minimum Gasteiger partial charge on any atom is -0.357 e. The summed E-state index contributed by atoms with van der Waals surface area (Å²) in [7, 11) is -3.08. The Morgan fingerprint density at radius 3 is 2.07 bits per heavy atom. The molecule has 1 atom stereocenters. The molecule has 0 spiro atoms. The average Bonchev–Trinajstić information content (AvgIpc) is 3.02. The Labute approximate surface area is 255 Å². The predicted molar refractivity (Wildman–Crippen MR) is 162 cm³/mol. The molecule has 0 aliphatic heterocycles. The first-order chi connectivity index (χ1) is 20.9. The Balaban J connectivity index is 1.83. The van der Waals surface area contributed by atoms with Gasteiger partial charge in [-0.05, 0) is 53.9 Å². The normalized spacial score (nSPS) is 12.3. The number of hydrogen-bond acceptors (Lipinski definition) is 4. The lowest BCUT2D eigenvalue weighted by molar-refractivity contribution is -0.139. The number of likely N-dealkylation sites (N-methyl/N-ethyl adjacent to an activating group) is 1. The second-order valence-electron chi connectivity index (χ2n) is 10.1. The van der Waals surface area contributed by atoms with Gasteiger partial charge in [-0.3, -0.25) is 13.9 Å². The number of benzene rings is 4. The van der Waals surface area contributed by atoms with Crippen LogP contribution in [0.1, 0.15) is 22.3 Å². The van der Waals surface area contributed by atoms with Crippen molar-refractivity contribution < 1.29 is 31.2 Å². The zero-order valence-corrected chi connectivity index (χ0v) is 25.0. The molecule has 0 saturated heterocycles. The number of nitrogens with zero attached hydrogens (tertiary/aromatic N) is 2. The summed E-state index contributed by atoms with van der Waals surface area (Å²) in [6.45, 7) is 0.948. The van der Waals surface area contributed by atoms with Crippen LogP contribution in [0, 0.1) is 6.92 Å². The number of carbonyl (C=O) groups excluding carboxylic acids is 2. The van der Waals surface area contributed by atoms with Crippen molar-refractivity contribution >= 4 is 27.5 Å². The van der Waals surface area contributed by atoms with Crippen LogP contribution in [0.25, 0.3) is 0 Å². The molecule has 0 aromatic heterocycles. The van der Waals surface area contributed by atoms with Crippen molar-refractivity contribution in [2.24, 2.45) is 0 Å². The van der Waals surface area contributed by atoms with Gasteiger partial charge in [0.05, 0.1) is 16.1 Å². The number of carbonyl (C=O) groups is 2. The van der Waals surface area contributed by atoms with Gasteiger partial charge < -0.3 is 10.2 Å². The third-order valence-electron chi connectivity index (χ3n) is 7.19. The van der Waals surface area contributed by atoms with Gasteiger partial charge in [0, 0.05) is 20.0 Å². The molecule has 1 unspecified atom stereocenters. The minimum absolute atomic E-state index is 0.0434. The fourth-order valence-corrected chi connectivity index (χ4v) is 6.20. The second kappa shape index (κ2) is 13.8. The summed E-state index contributed by atoms with van der Waals surface area (Å²) in [4.78, 5) is 28.7. The highest BCUT2D eigenvalue weighted by Gasteiger charge is 2.36. The molecule has 44 heavy (non-hydrogen) atoms. The van der Waals surface area contributed by atoms with Crippen molar-refractivity contribution in [2.75, 3.05) is 17.9 Å². The van der Waals surface area contributed by atoms with E-state index in [1.54, 1.807) is 42.5 Å². The molecule has 7 nitrogen and oxygen atoms in total. The first-order valence-corrected chi connectivity index (χ1v) is 15.2. The zero-order chi connectivity index (χ0) is 31.9. The maximum atomic E-state index is 14.3. The van der Waals surface area contributed by atoms with E-state index in [4.69, 9.17) is 0 Å². The van der Waals surface area contributed by atoms with Gasteiger partial charge in [-0.2, -0.15) is 13.2 Å². The van der Waals surface area contributed by atoms with E-state index in [9.17, 15) is 31.2 Å². The van der Waals surface area contributed by atoms with Gasteiger partial charge in [0.25, 0.3) is 10.0 Å². The number of sulfonamides is 1. The maximum absolute atomic E-state index is 14.3. The number of amides is 2. The lowest BCUT2D eigenvalue weighted by Crippen LogP contribution is -2.53. The minimum atomic E-state index is -4.75. The molecule has 0 fully saturated rings. The van der Waals surface area contributed by atoms with Crippen LogP contribution in [0.4, 0.5) is 18.9 Å². The number of alkyl halides is 3. The highest BCUT2D eigenvalue weighted by atomic mass is 32.2. The van der Waals surface area contributed by atoms with Gasteiger partial charge in [0.1, 0.15) is 12.6 Å². The monoisotopic (exact) mass is 623 g/mol. The number of hydrogen-bond donors (Lipinski definition) is 1. The van der Waals surface area contributed by atoms with E-state index in [1.807, 2.05) is 25.1 Å². The number of anilines is 1. The Hall–Kier alpha value is -4.64. The molecule has 0 aliphatic carbocycles. The third-order valence-corrected chi connectivity index (χ3v) is 8.98. The second-order valence-corrected chi connectivity index (χ2v) is 12.0. The van der Waals surface area contributed by atoms with E-state index < -0.39 is 46.2 Å². The fourth-order valence-electron chi connectivity index (χ4n) is 4.78. The van der Waals surface area contributed by atoms with E-state index in [2.05, 4.69) is 5.32 Å². The van der Waals surface area contributed by atoms with E-state index >= 15 is 0 Å². The number of rotatable bonds is 11. The van der Waals surface area contributed by atoms with Crippen molar-refractivity contribution in [3.05, 3.63) is 131 Å². The van der Waals surface area contributed by atoms with Gasteiger partial charge in [-0.1, -0.05) is 78.9 Å². The van der Waals surface area contributed by atoms with E-state index in [1.165, 1.54) is 42.3 Å². The fraction of sp³-hybridized carbons (Fsp3) is 0.212. The van der Waals surface area contributed by atoms with E-state index in [0.29, 0.717) is 10.4 Å². The quantitative estimate of drug-likeness (QED) is 0.236. The Bertz CT molecular complexity index is 1700. The molecule has 0 aliphatic rings. The molecular weight excluding hydrogens is 591 g/mol. The Morgan fingerprint density at radius 2 is 1.45 bits per heavy atom. The maximum Gasteiger partial charge on any atom is 0.416 e. The summed E-state index contributed by atoms with van der Waals surface area (Å²) in [6, 6.07) is 26.2. The van der Waals surface area contributed by atoms with Crippen LogP contribution in [-0.4, -0.2) is 44.8 Å². The van der Waals surface area contributed by atoms with Gasteiger partial charge in [0.15, 0.2) is 0 Å². The Kier molecular flexibility index (Phi) is 10.1. The van der Waals surface area contributed by atoms with Crippen LogP contribution >= 0.6 is 0 Å². The molecule has 2 amide bonds. The summed E-state index contributed by atoms with van der Waals surface area (Å²) in [6.07, 6.45) is -4.63. The van der Waals surface area contributed by atoms with Crippen molar-refractivity contribution in [1.82, 2.24) is 10.2 Å². The van der Waals surface area contributed by atoms with Gasteiger partial charge in [0.2, 0.25) is 11.8 Å². The lowest BCUT2D eigenvalue weighted by Gasteiger charge is -2.34. The molecule has 0 saturated carbocycles. The molecule has 230 valence electrons. The van der Waals surface area contributed by atoms with Crippen molar-refractivity contribution in [3.8, 4) is 0 Å². The van der Waals surface area contributed by atoms with Gasteiger partial charge >= 0.3 is 6.18 Å². The molecule has 1 N–H and O–H groups in total. The first-order valence-electron chi connectivity index (χ1n) is 13.8. The van der Waals surface area contributed by atoms with Crippen molar-refractivity contribution in [1.29, 1.82) is 0 Å². The van der Waals surface area contributed by atoms with Crippen LogP contribution in [-0.2, 0) is 38.8 Å². The van der Waals surface area contributed by atoms with Crippen LogP contribution in [0.3, 0.4) is 0 Å². The van der Waals surface area contributed by atoms with E-state index in [-0.39, 0.29) is 23.5 Å². The van der Waals surface area contributed by atoms with Crippen LogP contribution in [0.2, 0.25) is 0 Å². The lowest BCUT2D eigenvalue weighted by atomic mass is 10.0. The summed E-state index contributed by atoms with van der Waals surface area (Å²) in [5, 5.41) is 2.60. The molecular formula is C33H32F3N3O4S. The molecule has 0 bridgehead atoms. The summed E-state index contributed by atoms with van der Waals surface area (Å²) >= 11 is 0. The SMILES string of the molecule is CNC(=O)C(Cc1ccccc1)N(Cc1ccccc1C)C(=O)CN(c1cccc(C(F)(F)F)c1)S(=O)(=O)c1ccccc1. The predicted octanol–water partition coefficient (Wildman–Crippen LogP) is 5.60. The Morgan fingerprint density at radius 1 is 0.841 bits per heavy atom. The van der Waals surface area contributed by atoms with Crippen LogP contribution in [0.5, 0.6) is 0 Å².